The molecule has 0 unspecified atom stereocenters. The summed E-state index contributed by atoms with van der Waals surface area (Å²) in [6.45, 7) is 7.58. The summed E-state index contributed by atoms with van der Waals surface area (Å²) in [7, 11) is 0. The minimum absolute atomic E-state index is 0.663. The van der Waals surface area contributed by atoms with E-state index in [1.165, 1.54) is 5.56 Å². The molecular weight excluding hydrogens is 412 g/mol. The number of hydrazine groups is 2. The van der Waals surface area contributed by atoms with Gasteiger partial charge in [-0.25, -0.2) is 15.2 Å². The lowest BCUT2D eigenvalue weighted by molar-refractivity contribution is 0.577. The second-order valence-corrected chi connectivity index (χ2v) is 7.66. The maximum Gasteiger partial charge on any atom is 0.171 e. The zero-order valence-electron chi connectivity index (χ0n) is 19.9. The summed E-state index contributed by atoms with van der Waals surface area (Å²) in [4.78, 5) is 4.77. The third kappa shape index (κ3) is 6.40. The standard InChI is InChI=1S/C23H30N8.C2H6/c1-2-3-10-22-25-21(9-6-15-24)28-31(22)16-17-11-13-18(14-12-17)19-7-4-5-8-20(19)23-26-29-30-27-23;1-2/h4-5,7-8,11-14,29-30H,2-3,6,9-10,15-16,24H2,1H3,(H,26,27);1-2H3. The molecule has 0 spiro atoms. The number of benzene rings is 2. The fourth-order valence-corrected chi connectivity index (χ4v) is 3.67. The number of aryl methyl sites for hydroxylation is 2. The molecule has 5 N–H and O–H groups in total. The quantitative estimate of drug-likeness (QED) is 0.378. The Hall–Kier alpha value is -3.23. The van der Waals surface area contributed by atoms with Crippen molar-refractivity contribution in [2.75, 3.05) is 6.54 Å². The van der Waals surface area contributed by atoms with Crippen molar-refractivity contribution < 1.29 is 0 Å². The Morgan fingerprint density at radius 2 is 1.70 bits per heavy atom. The summed E-state index contributed by atoms with van der Waals surface area (Å²) in [6, 6.07) is 16.9. The molecule has 1 aliphatic heterocycles. The van der Waals surface area contributed by atoms with Crippen LogP contribution in [0.15, 0.2) is 53.6 Å². The molecule has 0 saturated carbocycles. The maximum absolute atomic E-state index is 5.66. The van der Waals surface area contributed by atoms with E-state index < -0.39 is 0 Å². The molecule has 2 heterocycles. The summed E-state index contributed by atoms with van der Waals surface area (Å²) in [5, 5.41) is 9.00. The third-order valence-corrected chi connectivity index (χ3v) is 5.33. The molecule has 0 radical (unpaired) electrons. The van der Waals surface area contributed by atoms with E-state index in [2.05, 4.69) is 69.6 Å². The van der Waals surface area contributed by atoms with Gasteiger partial charge in [0.15, 0.2) is 11.7 Å². The first-order valence-corrected chi connectivity index (χ1v) is 11.9. The molecule has 0 aliphatic carbocycles. The van der Waals surface area contributed by atoms with E-state index in [4.69, 9.17) is 15.8 Å². The number of rotatable bonds is 10. The lowest BCUT2D eigenvalue weighted by Gasteiger charge is -2.11. The zero-order chi connectivity index (χ0) is 23.5. The SMILES string of the molecule is CC.CCCCc1nc(CCCN)nn1Cc1ccc(-c2ccccc2C2=NNNN2)cc1. The molecule has 4 rings (SSSR count). The average molecular weight is 449 g/mol. The van der Waals surface area contributed by atoms with Gasteiger partial charge in [0.2, 0.25) is 0 Å². The molecule has 3 aromatic rings. The molecule has 0 amide bonds. The van der Waals surface area contributed by atoms with E-state index in [1.807, 2.05) is 26.0 Å². The first kappa shape index (κ1) is 24.4. The van der Waals surface area contributed by atoms with E-state index >= 15 is 0 Å². The van der Waals surface area contributed by atoms with Gasteiger partial charge in [-0.05, 0) is 36.1 Å². The molecule has 33 heavy (non-hydrogen) atoms. The Morgan fingerprint density at radius 3 is 2.36 bits per heavy atom. The van der Waals surface area contributed by atoms with Crippen LogP contribution in [0.3, 0.4) is 0 Å². The predicted octanol–water partition coefficient (Wildman–Crippen LogP) is 3.53. The Bertz CT molecular complexity index is 1020. The second-order valence-electron chi connectivity index (χ2n) is 7.66. The van der Waals surface area contributed by atoms with Crippen LogP contribution in [-0.2, 0) is 19.4 Å². The maximum atomic E-state index is 5.66. The van der Waals surface area contributed by atoms with E-state index in [0.717, 1.165) is 72.8 Å². The van der Waals surface area contributed by atoms with Crippen molar-refractivity contribution in [2.45, 2.75) is 59.4 Å². The highest BCUT2D eigenvalue weighted by atomic mass is 15.8. The van der Waals surface area contributed by atoms with Gasteiger partial charge in [0, 0.05) is 18.4 Å². The fourth-order valence-electron chi connectivity index (χ4n) is 3.67. The normalized spacial score (nSPS) is 12.4. The monoisotopic (exact) mass is 448 g/mol. The van der Waals surface area contributed by atoms with Gasteiger partial charge in [-0.2, -0.15) is 5.10 Å². The number of hydrazone groups is 1. The number of nitrogens with zero attached hydrogens (tertiary/aromatic N) is 4. The van der Waals surface area contributed by atoms with Crippen LogP contribution in [0.5, 0.6) is 0 Å². The van der Waals surface area contributed by atoms with Crippen molar-refractivity contribution in [2.24, 2.45) is 10.8 Å². The number of nitrogens with two attached hydrogens (primary N) is 1. The molecule has 8 heteroatoms. The van der Waals surface area contributed by atoms with E-state index in [1.54, 1.807) is 0 Å². The van der Waals surface area contributed by atoms with Gasteiger partial charge in [-0.3, -0.25) is 5.43 Å². The van der Waals surface area contributed by atoms with Crippen LogP contribution in [0, 0.1) is 0 Å². The van der Waals surface area contributed by atoms with E-state index in [-0.39, 0.29) is 0 Å². The second kappa shape index (κ2) is 12.7. The van der Waals surface area contributed by atoms with Crippen LogP contribution >= 0.6 is 0 Å². The summed E-state index contributed by atoms with van der Waals surface area (Å²) in [5.41, 5.74) is 18.7. The number of nitrogens with one attached hydrogen (secondary N) is 3. The lowest BCUT2D eigenvalue weighted by Crippen LogP contribution is -2.35. The molecule has 8 nitrogen and oxygen atoms in total. The highest BCUT2D eigenvalue weighted by Gasteiger charge is 2.14. The summed E-state index contributed by atoms with van der Waals surface area (Å²) in [5.74, 6) is 2.73. The number of aromatic nitrogens is 3. The van der Waals surface area contributed by atoms with Crippen LogP contribution in [-0.4, -0.2) is 27.1 Å². The third-order valence-electron chi connectivity index (χ3n) is 5.33. The van der Waals surface area contributed by atoms with Crippen LogP contribution in [0.1, 0.15) is 62.8 Å². The molecule has 176 valence electrons. The van der Waals surface area contributed by atoms with Gasteiger partial charge in [-0.15, -0.1) is 10.6 Å². The van der Waals surface area contributed by atoms with Crippen LogP contribution < -0.4 is 22.2 Å². The van der Waals surface area contributed by atoms with Gasteiger partial charge in [0.05, 0.1) is 6.54 Å². The minimum Gasteiger partial charge on any atom is -0.330 e. The molecule has 1 aliphatic rings. The Balaban J connectivity index is 0.00000149. The smallest absolute Gasteiger partial charge is 0.171 e. The highest BCUT2D eigenvalue weighted by Crippen LogP contribution is 2.25. The number of hydrogen-bond acceptors (Lipinski definition) is 7. The Labute approximate surface area is 196 Å². The topological polar surface area (TPSA) is 105 Å². The van der Waals surface area contributed by atoms with Crippen LogP contribution in [0.25, 0.3) is 11.1 Å². The Morgan fingerprint density at radius 1 is 0.939 bits per heavy atom. The molecule has 0 bridgehead atoms. The zero-order valence-corrected chi connectivity index (χ0v) is 19.9. The molecule has 1 aromatic heterocycles. The highest BCUT2D eigenvalue weighted by molar-refractivity contribution is 6.04. The molecular formula is C25H36N8. The van der Waals surface area contributed by atoms with E-state index in [0.29, 0.717) is 6.54 Å². The van der Waals surface area contributed by atoms with Crippen molar-refractivity contribution in [1.82, 2.24) is 31.3 Å². The van der Waals surface area contributed by atoms with Crippen molar-refractivity contribution >= 4 is 5.84 Å². The fraction of sp³-hybridized carbons (Fsp3) is 0.400. The predicted molar refractivity (Wildman–Crippen MR) is 134 cm³/mol. The average Bonchev–Trinajstić information content (AvgIpc) is 3.54. The van der Waals surface area contributed by atoms with Gasteiger partial charge in [-0.1, -0.05) is 75.7 Å². The molecule has 0 atom stereocenters. The molecule has 0 saturated heterocycles. The summed E-state index contributed by atoms with van der Waals surface area (Å²) >= 11 is 0. The summed E-state index contributed by atoms with van der Waals surface area (Å²) < 4.78 is 2.05. The van der Waals surface area contributed by atoms with Crippen molar-refractivity contribution in [1.29, 1.82) is 0 Å². The van der Waals surface area contributed by atoms with Gasteiger partial charge < -0.3 is 5.73 Å². The Kier molecular flexibility index (Phi) is 9.41. The minimum atomic E-state index is 0.663. The largest absolute Gasteiger partial charge is 0.330 e. The first-order valence-electron chi connectivity index (χ1n) is 11.9. The molecule has 0 fully saturated rings. The number of unbranched alkanes of at least 4 members (excludes halogenated alkanes) is 1. The lowest BCUT2D eigenvalue weighted by atomic mass is 9.98. The van der Waals surface area contributed by atoms with E-state index in [9.17, 15) is 0 Å². The number of hydrogen-bond donors (Lipinski definition) is 4. The molecule has 2 aromatic carbocycles. The van der Waals surface area contributed by atoms with Gasteiger partial charge in [0.1, 0.15) is 5.82 Å². The van der Waals surface area contributed by atoms with Crippen molar-refractivity contribution in [3.05, 3.63) is 71.3 Å². The van der Waals surface area contributed by atoms with Crippen LogP contribution in [0.4, 0.5) is 0 Å². The number of amidine groups is 1. The summed E-state index contributed by atoms with van der Waals surface area (Å²) in [6.07, 6.45) is 4.96. The van der Waals surface area contributed by atoms with Crippen molar-refractivity contribution in [3.8, 4) is 11.1 Å². The van der Waals surface area contributed by atoms with Crippen LogP contribution in [0.2, 0.25) is 0 Å². The van der Waals surface area contributed by atoms with Gasteiger partial charge in [0.25, 0.3) is 0 Å². The first-order chi connectivity index (χ1) is 16.3. The van der Waals surface area contributed by atoms with Gasteiger partial charge >= 0.3 is 0 Å². The van der Waals surface area contributed by atoms with Crippen molar-refractivity contribution in [3.63, 3.8) is 0 Å².